The van der Waals surface area contributed by atoms with E-state index in [2.05, 4.69) is 5.32 Å². The van der Waals surface area contributed by atoms with Crippen molar-refractivity contribution >= 4 is 39.1 Å². The highest BCUT2D eigenvalue weighted by atomic mass is 35.5. The van der Waals surface area contributed by atoms with E-state index < -0.39 is 15.4 Å². The lowest BCUT2D eigenvalue weighted by Crippen LogP contribution is -2.67. The van der Waals surface area contributed by atoms with Gasteiger partial charge in [0, 0.05) is 37.4 Å². The van der Waals surface area contributed by atoms with E-state index in [-0.39, 0.29) is 41.6 Å². The van der Waals surface area contributed by atoms with Crippen molar-refractivity contribution in [2.45, 2.75) is 23.8 Å². The van der Waals surface area contributed by atoms with Gasteiger partial charge >= 0.3 is 0 Å². The minimum absolute atomic E-state index is 0.0190. The standard InChI is InChI=1S/C23H23Cl2N3O5S/c24-17-3-6-21(20(25)11-17)34(30,31)28-13-23(14-28,22(29)27-18-7-9-32-10-8-18)15-33-19-4-1-16(12-26)2-5-19/h1-6,11,18H,7-10,13-15H2,(H,27,29). The molecule has 0 radical (unpaired) electrons. The van der Waals surface area contributed by atoms with Crippen LogP contribution < -0.4 is 10.1 Å². The number of hydrogen-bond acceptors (Lipinski definition) is 6. The third kappa shape index (κ3) is 5.16. The van der Waals surface area contributed by atoms with Crippen molar-refractivity contribution in [2.75, 3.05) is 32.9 Å². The fourth-order valence-corrected chi connectivity index (χ4v) is 6.31. The molecule has 0 saturated carbocycles. The molecule has 0 aliphatic carbocycles. The Hall–Kier alpha value is -2.35. The van der Waals surface area contributed by atoms with Crippen LogP contribution in [0.3, 0.4) is 0 Å². The van der Waals surface area contributed by atoms with Gasteiger partial charge in [-0.25, -0.2) is 8.42 Å². The molecule has 1 amide bonds. The maximum atomic E-state index is 13.3. The second-order valence-electron chi connectivity index (χ2n) is 8.41. The molecule has 11 heteroatoms. The Balaban J connectivity index is 1.52. The Kier molecular flexibility index (Phi) is 7.36. The quantitative estimate of drug-likeness (QED) is 0.596. The van der Waals surface area contributed by atoms with Gasteiger partial charge in [0.25, 0.3) is 0 Å². The number of nitrogens with one attached hydrogen (secondary N) is 1. The number of sulfonamides is 1. The zero-order chi connectivity index (χ0) is 24.3. The van der Waals surface area contributed by atoms with Gasteiger partial charge in [-0.1, -0.05) is 23.2 Å². The highest BCUT2D eigenvalue weighted by Gasteiger charge is 2.55. The fourth-order valence-electron chi connectivity index (χ4n) is 3.95. The summed E-state index contributed by atoms with van der Waals surface area (Å²) >= 11 is 12.0. The number of hydrogen-bond donors (Lipinski definition) is 1. The van der Waals surface area contributed by atoms with Crippen LogP contribution in [-0.4, -0.2) is 57.6 Å². The van der Waals surface area contributed by atoms with Crippen LogP contribution in [0.15, 0.2) is 47.4 Å². The SMILES string of the molecule is N#Cc1ccc(OCC2(C(=O)NC3CCOCC3)CN(S(=O)(=O)c3ccc(Cl)cc3Cl)C2)cc1. The second-order valence-corrected chi connectivity index (χ2v) is 11.2. The van der Waals surface area contributed by atoms with E-state index in [1.165, 1.54) is 22.5 Å². The number of benzene rings is 2. The predicted molar refractivity (Wildman–Crippen MR) is 126 cm³/mol. The Morgan fingerprint density at radius 3 is 2.47 bits per heavy atom. The molecule has 1 N–H and O–H groups in total. The molecule has 0 spiro atoms. The molecular formula is C23H23Cl2N3O5S. The third-order valence-electron chi connectivity index (χ3n) is 6.01. The number of halogens is 2. The van der Waals surface area contributed by atoms with Crippen molar-refractivity contribution in [1.82, 2.24) is 9.62 Å². The van der Waals surface area contributed by atoms with Gasteiger partial charge < -0.3 is 14.8 Å². The van der Waals surface area contributed by atoms with Crippen molar-refractivity contribution in [1.29, 1.82) is 5.26 Å². The lowest BCUT2D eigenvalue weighted by Gasteiger charge is -2.47. The monoisotopic (exact) mass is 523 g/mol. The molecule has 0 aromatic heterocycles. The molecule has 2 heterocycles. The molecule has 2 fully saturated rings. The first-order valence-electron chi connectivity index (χ1n) is 10.7. The van der Waals surface area contributed by atoms with Crippen LogP contribution in [0, 0.1) is 16.7 Å². The zero-order valence-electron chi connectivity index (χ0n) is 18.2. The van der Waals surface area contributed by atoms with Gasteiger partial charge in [0.05, 0.1) is 16.7 Å². The molecule has 2 aromatic rings. The lowest BCUT2D eigenvalue weighted by molar-refractivity contribution is -0.141. The molecular weight excluding hydrogens is 501 g/mol. The van der Waals surface area contributed by atoms with Gasteiger partial charge in [-0.15, -0.1) is 0 Å². The van der Waals surface area contributed by atoms with Crippen LogP contribution in [0.5, 0.6) is 5.75 Å². The van der Waals surface area contributed by atoms with Crippen LogP contribution in [-0.2, 0) is 19.6 Å². The van der Waals surface area contributed by atoms with Gasteiger partial charge in [0.2, 0.25) is 15.9 Å². The van der Waals surface area contributed by atoms with Crippen LogP contribution >= 0.6 is 23.2 Å². The van der Waals surface area contributed by atoms with E-state index in [1.54, 1.807) is 24.3 Å². The number of ether oxygens (including phenoxy) is 2. The fraction of sp³-hybridized carbons (Fsp3) is 0.391. The summed E-state index contributed by atoms with van der Waals surface area (Å²) in [5.74, 6) is 0.223. The smallest absolute Gasteiger partial charge is 0.244 e. The Bertz CT molecular complexity index is 1200. The molecule has 2 aromatic carbocycles. The first-order chi connectivity index (χ1) is 16.2. The maximum absolute atomic E-state index is 13.3. The van der Waals surface area contributed by atoms with Gasteiger partial charge in [-0.05, 0) is 55.3 Å². The minimum atomic E-state index is -3.93. The van der Waals surface area contributed by atoms with E-state index in [9.17, 15) is 13.2 Å². The summed E-state index contributed by atoms with van der Waals surface area (Å²) in [6, 6.07) is 12.7. The third-order valence-corrected chi connectivity index (χ3v) is 8.52. The number of carbonyl (C=O) groups is 1. The lowest BCUT2D eigenvalue weighted by atomic mass is 9.81. The molecule has 0 unspecified atom stereocenters. The summed E-state index contributed by atoms with van der Waals surface area (Å²) in [6.07, 6.45) is 1.39. The number of rotatable bonds is 7. The predicted octanol–water partition coefficient (Wildman–Crippen LogP) is 3.23. The van der Waals surface area contributed by atoms with Crippen LogP contribution in [0.1, 0.15) is 18.4 Å². The molecule has 2 aliphatic rings. The van der Waals surface area contributed by atoms with Crippen LogP contribution in [0.2, 0.25) is 10.0 Å². The Labute approximate surface area is 208 Å². The summed E-state index contributed by atoms with van der Waals surface area (Å²) in [5, 5.41) is 12.4. The molecule has 34 heavy (non-hydrogen) atoms. The van der Waals surface area contributed by atoms with E-state index in [4.69, 9.17) is 37.9 Å². The van der Waals surface area contributed by atoms with Crippen molar-refractivity contribution in [3.63, 3.8) is 0 Å². The first-order valence-corrected chi connectivity index (χ1v) is 12.9. The molecule has 4 rings (SSSR count). The van der Waals surface area contributed by atoms with Crippen molar-refractivity contribution in [3.05, 3.63) is 58.1 Å². The largest absolute Gasteiger partial charge is 0.492 e. The average molecular weight is 524 g/mol. The molecule has 0 bridgehead atoms. The number of nitrogens with zero attached hydrogens (tertiary/aromatic N) is 2. The van der Waals surface area contributed by atoms with Crippen molar-refractivity contribution in [3.8, 4) is 11.8 Å². The Morgan fingerprint density at radius 1 is 1.18 bits per heavy atom. The van der Waals surface area contributed by atoms with E-state index >= 15 is 0 Å². The van der Waals surface area contributed by atoms with Crippen LogP contribution in [0.25, 0.3) is 0 Å². The van der Waals surface area contributed by atoms with E-state index in [1.807, 2.05) is 6.07 Å². The molecule has 0 atom stereocenters. The van der Waals surface area contributed by atoms with Crippen molar-refractivity contribution in [2.24, 2.45) is 5.41 Å². The zero-order valence-corrected chi connectivity index (χ0v) is 20.5. The number of amides is 1. The topological polar surface area (TPSA) is 109 Å². The van der Waals surface area contributed by atoms with Gasteiger partial charge in [-0.3, -0.25) is 4.79 Å². The number of carbonyl (C=O) groups excluding carboxylic acids is 1. The van der Waals surface area contributed by atoms with Gasteiger partial charge in [0.1, 0.15) is 22.7 Å². The highest BCUT2D eigenvalue weighted by molar-refractivity contribution is 7.89. The second kappa shape index (κ2) is 10.1. The maximum Gasteiger partial charge on any atom is 0.244 e. The van der Waals surface area contributed by atoms with E-state index in [0.29, 0.717) is 42.4 Å². The Morgan fingerprint density at radius 2 is 1.85 bits per heavy atom. The van der Waals surface area contributed by atoms with Gasteiger partial charge in [0.15, 0.2) is 0 Å². The van der Waals surface area contributed by atoms with E-state index in [0.717, 1.165) is 0 Å². The summed E-state index contributed by atoms with van der Waals surface area (Å²) in [4.78, 5) is 13.3. The van der Waals surface area contributed by atoms with Crippen LogP contribution in [0.4, 0.5) is 0 Å². The highest BCUT2D eigenvalue weighted by Crippen LogP contribution is 2.38. The number of nitriles is 1. The van der Waals surface area contributed by atoms with Crippen molar-refractivity contribution < 1.29 is 22.7 Å². The molecule has 8 nitrogen and oxygen atoms in total. The summed E-state index contributed by atoms with van der Waals surface area (Å²) in [6.45, 7) is 0.998. The normalized spacial score (nSPS) is 18.5. The molecule has 180 valence electrons. The summed E-state index contributed by atoms with van der Waals surface area (Å²) < 4.78 is 38.8. The molecule has 2 aliphatic heterocycles. The summed E-state index contributed by atoms with van der Waals surface area (Å²) in [5.41, 5.74) is -0.585. The molecule has 2 saturated heterocycles. The summed E-state index contributed by atoms with van der Waals surface area (Å²) in [7, 11) is -3.93. The average Bonchev–Trinajstić information content (AvgIpc) is 2.79. The first kappa shape index (κ1) is 24.8. The minimum Gasteiger partial charge on any atom is -0.492 e. The van der Waals surface area contributed by atoms with Gasteiger partial charge in [-0.2, -0.15) is 9.57 Å².